The van der Waals surface area contributed by atoms with Crippen molar-refractivity contribution in [2.24, 2.45) is 0 Å². The van der Waals surface area contributed by atoms with Crippen LogP contribution in [-0.4, -0.2) is 52.0 Å². The fourth-order valence-electron chi connectivity index (χ4n) is 3.12. The average Bonchev–Trinajstić information content (AvgIpc) is 2.79. The first kappa shape index (κ1) is 16.6. The van der Waals surface area contributed by atoms with E-state index >= 15 is 0 Å². The van der Waals surface area contributed by atoms with Gasteiger partial charge in [0.25, 0.3) is 0 Å². The summed E-state index contributed by atoms with van der Waals surface area (Å²) in [6, 6.07) is 3.82. The second kappa shape index (κ2) is 7.57. The van der Waals surface area contributed by atoms with E-state index in [1.54, 1.807) is 12.4 Å². The Bertz CT molecular complexity index is 664. The van der Waals surface area contributed by atoms with Crippen LogP contribution in [-0.2, 0) is 17.8 Å². The quantitative estimate of drug-likeness (QED) is 0.858. The van der Waals surface area contributed by atoms with Gasteiger partial charge in [-0.15, -0.1) is 0 Å². The van der Waals surface area contributed by atoms with Crippen molar-refractivity contribution in [3.05, 3.63) is 47.1 Å². The molecule has 0 bridgehead atoms. The van der Waals surface area contributed by atoms with Gasteiger partial charge in [0.2, 0.25) is 5.91 Å². The van der Waals surface area contributed by atoms with Gasteiger partial charge in [-0.3, -0.25) is 14.7 Å². The number of amides is 1. The van der Waals surface area contributed by atoms with Gasteiger partial charge in [0.05, 0.1) is 12.1 Å². The van der Waals surface area contributed by atoms with Crippen LogP contribution in [0.5, 0.6) is 0 Å². The van der Waals surface area contributed by atoms with Crippen LogP contribution in [0.4, 0.5) is 0 Å². The topological polar surface area (TPSA) is 62.5 Å². The summed E-state index contributed by atoms with van der Waals surface area (Å²) in [4.78, 5) is 20.9. The highest BCUT2D eigenvalue weighted by atomic mass is 16.5. The molecular weight excluding hydrogens is 304 g/mol. The summed E-state index contributed by atoms with van der Waals surface area (Å²) in [5.74, 6) is 1.07. The highest BCUT2D eigenvalue weighted by Crippen LogP contribution is 2.16. The molecule has 0 unspecified atom stereocenters. The van der Waals surface area contributed by atoms with E-state index in [9.17, 15) is 4.79 Å². The van der Waals surface area contributed by atoms with Crippen molar-refractivity contribution in [3.63, 3.8) is 0 Å². The third-order valence-electron chi connectivity index (χ3n) is 4.58. The molecule has 3 rings (SSSR count). The molecule has 24 heavy (non-hydrogen) atoms. The molecule has 0 spiro atoms. The van der Waals surface area contributed by atoms with E-state index in [1.165, 1.54) is 5.56 Å². The molecule has 2 aromatic rings. The molecule has 2 aromatic heterocycles. The zero-order valence-electron chi connectivity index (χ0n) is 14.4. The Kier molecular flexibility index (Phi) is 5.25. The van der Waals surface area contributed by atoms with Crippen LogP contribution < -0.4 is 0 Å². The predicted molar refractivity (Wildman–Crippen MR) is 90.4 cm³/mol. The van der Waals surface area contributed by atoms with Gasteiger partial charge in [-0.2, -0.15) is 0 Å². The monoisotopic (exact) mass is 328 g/mol. The lowest BCUT2D eigenvalue weighted by molar-refractivity contribution is -0.130. The summed E-state index contributed by atoms with van der Waals surface area (Å²) in [6.07, 6.45) is 4.91. The Balaban J connectivity index is 1.56. The first-order valence-corrected chi connectivity index (χ1v) is 8.44. The van der Waals surface area contributed by atoms with Gasteiger partial charge in [-0.25, -0.2) is 0 Å². The molecule has 128 valence electrons. The molecule has 6 heteroatoms. The van der Waals surface area contributed by atoms with Crippen LogP contribution >= 0.6 is 0 Å². The van der Waals surface area contributed by atoms with Crippen LogP contribution in [0, 0.1) is 13.8 Å². The molecule has 0 aromatic carbocycles. The number of pyridine rings is 1. The van der Waals surface area contributed by atoms with Crippen LogP contribution in [0.2, 0.25) is 0 Å². The molecule has 0 atom stereocenters. The summed E-state index contributed by atoms with van der Waals surface area (Å²) in [5.41, 5.74) is 3.10. The first-order chi connectivity index (χ1) is 11.6. The number of rotatable bonds is 4. The van der Waals surface area contributed by atoms with E-state index < -0.39 is 0 Å². The summed E-state index contributed by atoms with van der Waals surface area (Å²) in [5, 5.41) is 4.02. The summed E-state index contributed by atoms with van der Waals surface area (Å²) in [7, 11) is 0. The van der Waals surface area contributed by atoms with Gasteiger partial charge >= 0.3 is 0 Å². The summed E-state index contributed by atoms with van der Waals surface area (Å²) in [6.45, 7) is 8.22. The Hall–Kier alpha value is -2.21. The van der Waals surface area contributed by atoms with E-state index in [4.69, 9.17) is 4.52 Å². The SMILES string of the molecule is Cc1noc(C)c1CN1CCCN(C(=O)Cc2cccnc2)CC1. The molecule has 1 aliphatic heterocycles. The zero-order valence-corrected chi connectivity index (χ0v) is 14.4. The third-order valence-corrected chi connectivity index (χ3v) is 4.58. The van der Waals surface area contributed by atoms with Crippen molar-refractivity contribution in [3.8, 4) is 0 Å². The minimum Gasteiger partial charge on any atom is -0.361 e. The highest BCUT2D eigenvalue weighted by Gasteiger charge is 2.21. The molecular formula is C18H24N4O2. The van der Waals surface area contributed by atoms with Crippen molar-refractivity contribution in [1.29, 1.82) is 0 Å². The Labute approximate surface area is 142 Å². The number of carbonyl (C=O) groups excluding carboxylic acids is 1. The minimum absolute atomic E-state index is 0.183. The van der Waals surface area contributed by atoms with E-state index in [0.717, 1.165) is 56.2 Å². The van der Waals surface area contributed by atoms with Gasteiger partial charge in [0.1, 0.15) is 5.76 Å². The lowest BCUT2D eigenvalue weighted by atomic mass is 10.2. The van der Waals surface area contributed by atoms with Crippen LogP contribution in [0.15, 0.2) is 29.0 Å². The fraction of sp³-hybridized carbons (Fsp3) is 0.500. The number of hydrogen-bond acceptors (Lipinski definition) is 5. The second-order valence-corrected chi connectivity index (χ2v) is 6.35. The zero-order chi connectivity index (χ0) is 16.9. The van der Waals surface area contributed by atoms with E-state index in [1.807, 2.05) is 30.9 Å². The van der Waals surface area contributed by atoms with Crippen molar-refractivity contribution in [2.45, 2.75) is 33.2 Å². The maximum absolute atomic E-state index is 12.5. The summed E-state index contributed by atoms with van der Waals surface area (Å²) >= 11 is 0. The molecule has 1 amide bonds. The van der Waals surface area contributed by atoms with Gasteiger partial charge in [0, 0.05) is 50.7 Å². The molecule has 6 nitrogen and oxygen atoms in total. The number of carbonyl (C=O) groups is 1. The largest absolute Gasteiger partial charge is 0.361 e. The molecule has 0 saturated carbocycles. The number of nitrogens with zero attached hydrogens (tertiary/aromatic N) is 4. The molecule has 1 aliphatic rings. The first-order valence-electron chi connectivity index (χ1n) is 8.44. The normalized spacial score (nSPS) is 16.2. The second-order valence-electron chi connectivity index (χ2n) is 6.35. The van der Waals surface area contributed by atoms with Crippen molar-refractivity contribution in [1.82, 2.24) is 19.9 Å². The molecule has 1 saturated heterocycles. The maximum atomic E-state index is 12.5. The molecule has 0 radical (unpaired) electrons. The molecule has 1 fully saturated rings. The highest BCUT2D eigenvalue weighted by molar-refractivity contribution is 5.78. The Morgan fingerprint density at radius 3 is 2.83 bits per heavy atom. The lowest BCUT2D eigenvalue weighted by Crippen LogP contribution is -2.36. The third kappa shape index (κ3) is 4.00. The number of aryl methyl sites for hydroxylation is 2. The van der Waals surface area contributed by atoms with Crippen LogP contribution in [0.25, 0.3) is 0 Å². The average molecular weight is 328 g/mol. The van der Waals surface area contributed by atoms with Crippen molar-refractivity contribution >= 4 is 5.91 Å². The standard InChI is InChI=1S/C18H24N4O2/c1-14-17(15(2)24-20-14)13-21-7-4-8-22(10-9-21)18(23)11-16-5-3-6-19-12-16/h3,5-6,12H,4,7-11,13H2,1-2H3. The maximum Gasteiger partial charge on any atom is 0.227 e. The molecule has 0 aliphatic carbocycles. The summed E-state index contributed by atoms with van der Waals surface area (Å²) < 4.78 is 5.25. The minimum atomic E-state index is 0.183. The lowest BCUT2D eigenvalue weighted by Gasteiger charge is -2.22. The van der Waals surface area contributed by atoms with Gasteiger partial charge < -0.3 is 9.42 Å². The number of aromatic nitrogens is 2. The van der Waals surface area contributed by atoms with Gasteiger partial charge in [-0.1, -0.05) is 11.2 Å². The van der Waals surface area contributed by atoms with Crippen molar-refractivity contribution < 1.29 is 9.32 Å². The Morgan fingerprint density at radius 2 is 2.12 bits per heavy atom. The molecule has 3 heterocycles. The Morgan fingerprint density at radius 1 is 1.25 bits per heavy atom. The van der Waals surface area contributed by atoms with Crippen LogP contribution in [0.3, 0.4) is 0 Å². The smallest absolute Gasteiger partial charge is 0.227 e. The van der Waals surface area contributed by atoms with E-state index in [2.05, 4.69) is 15.0 Å². The predicted octanol–water partition coefficient (Wildman–Crippen LogP) is 1.96. The van der Waals surface area contributed by atoms with Crippen LogP contribution in [0.1, 0.15) is 29.0 Å². The van der Waals surface area contributed by atoms with E-state index in [-0.39, 0.29) is 5.91 Å². The fourth-order valence-corrected chi connectivity index (χ4v) is 3.12. The van der Waals surface area contributed by atoms with Gasteiger partial charge in [0.15, 0.2) is 0 Å². The van der Waals surface area contributed by atoms with Gasteiger partial charge in [-0.05, 0) is 31.9 Å². The molecule has 0 N–H and O–H groups in total. The van der Waals surface area contributed by atoms with E-state index in [0.29, 0.717) is 6.42 Å². The van der Waals surface area contributed by atoms with Crippen molar-refractivity contribution in [2.75, 3.05) is 26.2 Å². The number of hydrogen-bond donors (Lipinski definition) is 0.